The first kappa shape index (κ1) is 113. The summed E-state index contributed by atoms with van der Waals surface area (Å²) in [7, 11) is 4.89. The number of aromatic nitrogens is 3. The molecule has 718 valence electrons. The molecule has 4 heterocycles. The molecule has 0 saturated carbocycles. The molecule has 0 bridgehead atoms. The Morgan fingerprint density at radius 1 is 0.485 bits per heavy atom. The molecular weight excluding hydrogens is 1830 g/mol. The monoisotopic (exact) mass is 1950 g/mol. The first-order valence-electron chi connectivity index (χ1n) is 42.3. The van der Waals surface area contributed by atoms with E-state index in [0.29, 0.717) is 119 Å². The van der Waals surface area contributed by atoms with Gasteiger partial charge in [0.05, 0.1) is 39.7 Å². The fraction of sp³-hybridized carbons (Fsp3) is 0.409. The van der Waals surface area contributed by atoms with Crippen LogP contribution in [0.5, 0.6) is 0 Å². The van der Waals surface area contributed by atoms with Gasteiger partial charge in [-0.15, -0.1) is 0 Å². The molecule has 6 aromatic carbocycles. The number of aldehydes is 1. The zero-order chi connectivity index (χ0) is 94.0. The SMILES string of the molecule is CC(C)(C)OC(=O)NCCN.CN(C(=O)CCc1cccc(F)c1Cl)[C@@H](CCC=O)COC(=O)Nc1cc2ccccc2cn1.CN(C(=O)CCc1cccc(F)c1Cl)[C@@H](CCCN1CCNCC1=O)COC(=O)Nc1cc2ccccc2cn1.CN(C(=O)CCc1cccc(F)c1Cl)[C@@H](CCCNCCNC(=O)OC(C)(C)C)COC(=O)Nc1cc2ccccc2cn1.S.S.S. The van der Waals surface area contributed by atoms with Gasteiger partial charge in [-0.1, -0.05) is 144 Å². The lowest BCUT2D eigenvalue weighted by Gasteiger charge is -2.30. The van der Waals surface area contributed by atoms with Crippen LogP contribution < -0.4 is 43.0 Å². The summed E-state index contributed by atoms with van der Waals surface area (Å²) in [6.07, 6.45) is 6.75. The topological polar surface area (TPSA) is 379 Å². The van der Waals surface area contributed by atoms with Crippen LogP contribution in [0.15, 0.2) is 164 Å². The van der Waals surface area contributed by atoms with Gasteiger partial charge in [-0.05, 0) is 169 Å². The second-order valence-corrected chi connectivity index (χ2v) is 33.2. The van der Waals surface area contributed by atoms with Gasteiger partial charge in [0.25, 0.3) is 0 Å². The molecule has 0 radical (unpaired) electrons. The predicted molar refractivity (Wildman–Crippen MR) is 524 cm³/mol. The van der Waals surface area contributed by atoms with Gasteiger partial charge in [-0.3, -0.25) is 35.1 Å². The number of rotatable bonds is 37. The molecule has 10 rings (SSSR count). The van der Waals surface area contributed by atoms with Crippen LogP contribution >= 0.6 is 75.3 Å². The normalized spacial score (nSPS) is 12.2. The number of halogens is 6. The van der Waals surface area contributed by atoms with Crippen molar-refractivity contribution >= 4 is 185 Å². The summed E-state index contributed by atoms with van der Waals surface area (Å²) >= 11 is 18.1. The summed E-state index contributed by atoms with van der Waals surface area (Å²) in [5.74, 6) is -1.13. The van der Waals surface area contributed by atoms with Crippen LogP contribution in [-0.2, 0) is 66.9 Å². The van der Waals surface area contributed by atoms with E-state index in [-0.39, 0.29) is 144 Å². The number of nitrogens with two attached hydrogens (primary N) is 1. The minimum atomic E-state index is -0.716. The summed E-state index contributed by atoms with van der Waals surface area (Å²) in [6.45, 7) is 15.3. The van der Waals surface area contributed by atoms with E-state index in [1.807, 2.05) is 93.6 Å². The molecule has 3 aromatic heterocycles. The second-order valence-electron chi connectivity index (χ2n) is 32.0. The van der Waals surface area contributed by atoms with Crippen molar-refractivity contribution in [3.05, 3.63) is 213 Å². The Bertz CT molecular complexity index is 5230. The van der Waals surface area contributed by atoms with Crippen LogP contribution in [0, 0.1) is 17.5 Å². The van der Waals surface area contributed by atoms with E-state index < -0.39 is 77.2 Å². The quantitative estimate of drug-likeness (QED) is 0.0102. The zero-order valence-electron chi connectivity index (χ0n) is 75.5. The molecule has 1 aliphatic heterocycles. The summed E-state index contributed by atoms with van der Waals surface area (Å²) in [6, 6.07) is 40.3. The van der Waals surface area contributed by atoms with Gasteiger partial charge in [-0.25, -0.2) is 52.1 Å². The lowest BCUT2D eigenvalue weighted by molar-refractivity contribution is -0.134. The number of carbonyl (C=O) groups excluding carboxylic acids is 10. The van der Waals surface area contributed by atoms with Crippen molar-refractivity contribution in [2.24, 2.45) is 5.73 Å². The smallest absolute Gasteiger partial charge is 0.412 e. The number of likely N-dealkylation sites (N-methyl/N-ethyl adjacent to an activating group) is 3. The van der Waals surface area contributed by atoms with Crippen molar-refractivity contribution in [1.82, 2.24) is 55.8 Å². The Kier molecular flexibility index (Phi) is 50.5. The number of hydrogen-bond donors (Lipinski definition) is 8. The Hall–Kier alpha value is -11.0. The summed E-state index contributed by atoms with van der Waals surface area (Å²) < 4.78 is 67.7. The maximum Gasteiger partial charge on any atom is 0.412 e. The highest BCUT2D eigenvalue weighted by Gasteiger charge is 2.28. The molecule has 0 spiro atoms. The number of fused-ring (bicyclic) bond motifs is 3. The number of ether oxygens (including phenoxy) is 5. The highest BCUT2D eigenvalue weighted by molar-refractivity contribution is 7.59. The second kappa shape index (κ2) is 58.8. The van der Waals surface area contributed by atoms with Crippen LogP contribution in [0.2, 0.25) is 15.1 Å². The lowest BCUT2D eigenvalue weighted by atomic mass is 10.1. The first-order chi connectivity index (χ1) is 61.6. The predicted octanol–water partition coefficient (Wildman–Crippen LogP) is 16.0. The van der Waals surface area contributed by atoms with Gasteiger partial charge in [0.15, 0.2) is 0 Å². The lowest BCUT2D eigenvalue weighted by Crippen LogP contribution is -2.48. The van der Waals surface area contributed by atoms with E-state index in [1.165, 1.54) is 29.2 Å². The van der Waals surface area contributed by atoms with Gasteiger partial charge in [-0.2, -0.15) is 40.5 Å². The van der Waals surface area contributed by atoms with E-state index in [9.17, 15) is 61.1 Å². The van der Waals surface area contributed by atoms with Gasteiger partial charge in [0.1, 0.15) is 72.2 Å². The van der Waals surface area contributed by atoms with Crippen molar-refractivity contribution < 1.29 is 84.8 Å². The van der Waals surface area contributed by atoms with Crippen LogP contribution in [0.4, 0.5) is 54.6 Å². The molecule has 0 aliphatic carbocycles. The van der Waals surface area contributed by atoms with Gasteiger partial charge in [0.2, 0.25) is 23.6 Å². The fourth-order valence-corrected chi connectivity index (χ4v) is 13.6. The molecule has 9 N–H and O–H groups in total. The van der Waals surface area contributed by atoms with Crippen LogP contribution in [0.1, 0.15) is 116 Å². The minimum absolute atomic E-state index is 0. The molecular formula is C93H121Cl3F3N15O15S3. The van der Waals surface area contributed by atoms with Gasteiger partial charge < -0.3 is 75.1 Å². The first-order valence-corrected chi connectivity index (χ1v) is 43.4. The molecule has 39 heteroatoms. The number of benzene rings is 6. The van der Waals surface area contributed by atoms with Crippen molar-refractivity contribution in [3.63, 3.8) is 0 Å². The third kappa shape index (κ3) is 40.6. The molecule has 1 aliphatic rings. The fourth-order valence-electron chi connectivity index (χ4n) is 13.0. The van der Waals surface area contributed by atoms with Gasteiger partial charge in [0, 0.05) is 127 Å². The zero-order valence-corrected chi connectivity index (χ0v) is 80.7. The standard InChI is InChI=1S/C32H41ClFN5O5.C29H33ClFN5O4.C25H25ClFN3O4.C7H16N2O2.3H2S/c1-32(2,3)44-30(41)36-18-17-35-16-8-12-25(39(4)28(40)15-14-22-11-7-13-26(34)29(22)33)21-43-31(42)38-27-19-23-9-5-6-10-24(23)20-37-27;1-35(26(37)12-11-20-8-4-10-24(31)28(20)30)23(9-5-14-36-15-13-32-18-27(36)38)19-40-29(39)34-25-16-21-6-2-3-7-22(21)17-33-25;1-30(23(32)12-11-17-8-4-10-21(27)24(17)26)20(9-5-13-31)16-34-25(33)29-22-14-18-6-2-3-7-19(18)15-28-22;1-7(2,3)11-6(10)9-5-4-8;;;/h5-7,9-11,13,19-20,25,35H,8,12,14-18,21H2,1-4H3,(H,36,41)(H,37,38,42);2-4,6-8,10,16-17,23,32H,5,9,11-15,18-19H2,1H3,(H,33,34,39);2-4,6-8,10,13-15,20H,5,9,11-12,16H2,1H3,(H,28,29,33);4-5,8H2,1-3H3,(H,9,10);3*1H2/t25-;23-;20-;;;;/m000..../s1. The number of alkyl carbamates (subject to hydrolysis) is 2. The molecule has 9 aromatic rings. The number of anilines is 3. The van der Waals surface area contributed by atoms with Gasteiger partial charge >= 0.3 is 30.5 Å². The maximum atomic E-state index is 13.8. The third-order valence-corrected chi connectivity index (χ3v) is 21.3. The molecule has 1 fully saturated rings. The van der Waals surface area contributed by atoms with E-state index in [1.54, 1.807) is 124 Å². The largest absolute Gasteiger partial charge is 0.447 e. The van der Waals surface area contributed by atoms with Crippen molar-refractivity contribution in [3.8, 4) is 0 Å². The van der Waals surface area contributed by atoms with E-state index >= 15 is 0 Å². The highest BCUT2D eigenvalue weighted by atomic mass is 35.5. The number of pyridine rings is 3. The Labute approximate surface area is 803 Å². The van der Waals surface area contributed by atoms with E-state index in [0.717, 1.165) is 45.1 Å². The maximum absolute atomic E-state index is 13.8. The highest BCUT2D eigenvalue weighted by Crippen LogP contribution is 2.27. The molecule has 30 nitrogen and oxygen atoms in total. The Morgan fingerprint density at radius 2 is 0.833 bits per heavy atom. The van der Waals surface area contributed by atoms with Crippen molar-refractivity contribution in [2.45, 2.75) is 148 Å². The number of hydrogen-bond acceptors (Lipinski definition) is 21. The summed E-state index contributed by atoms with van der Waals surface area (Å²) in [4.78, 5) is 141. The minimum Gasteiger partial charge on any atom is -0.447 e. The average Bonchev–Trinajstić information content (AvgIpc) is 0.856. The van der Waals surface area contributed by atoms with Crippen LogP contribution in [0.3, 0.4) is 0 Å². The number of carbonyl (C=O) groups is 10. The van der Waals surface area contributed by atoms with Crippen molar-refractivity contribution in [1.29, 1.82) is 0 Å². The number of nitrogens with zero attached hydrogens (tertiary/aromatic N) is 7. The van der Waals surface area contributed by atoms with Crippen LogP contribution in [0.25, 0.3) is 32.3 Å². The summed E-state index contributed by atoms with van der Waals surface area (Å²) in [5, 5.41) is 25.0. The summed E-state index contributed by atoms with van der Waals surface area (Å²) in [5.41, 5.74) is 5.81. The van der Waals surface area contributed by atoms with Crippen molar-refractivity contribution in [2.75, 3.05) is 116 Å². The number of amides is 9. The molecule has 1 saturated heterocycles. The van der Waals surface area contributed by atoms with E-state index in [2.05, 4.69) is 52.2 Å². The number of piperazine rings is 1. The van der Waals surface area contributed by atoms with E-state index in [4.69, 9.17) is 64.2 Å². The molecule has 9 amide bonds. The third-order valence-electron chi connectivity index (χ3n) is 20.0. The molecule has 132 heavy (non-hydrogen) atoms. The number of aryl methyl sites for hydroxylation is 3. The molecule has 3 atom stereocenters. The van der Waals surface area contributed by atoms with Crippen LogP contribution in [-0.4, -0.2) is 224 Å². The number of nitrogens with one attached hydrogen (secondary N) is 7. The average molecular weight is 1950 g/mol. The Balaban J connectivity index is 0.000000389. The Morgan fingerprint density at radius 3 is 1.18 bits per heavy atom. The molecule has 0 unspecified atom stereocenters.